The summed E-state index contributed by atoms with van der Waals surface area (Å²) >= 11 is 1.40. The molecule has 1 atom stereocenters. The fourth-order valence-electron chi connectivity index (χ4n) is 3.50. The van der Waals surface area contributed by atoms with Gasteiger partial charge in [0.15, 0.2) is 0 Å². The van der Waals surface area contributed by atoms with Crippen LogP contribution < -0.4 is 14.2 Å². The maximum absolute atomic E-state index is 13.2. The van der Waals surface area contributed by atoms with Crippen molar-refractivity contribution in [3.63, 3.8) is 0 Å². The van der Waals surface area contributed by atoms with Crippen LogP contribution in [0.1, 0.15) is 28.9 Å². The summed E-state index contributed by atoms with van der Waals surface area (Å²) in [5, 5.41) is 0. The Balaban J connectivity index is 1.90. The molecule has 0 unspecified atom stereocenters. The number of hydrogen-bond acceptors (Lipinski definition) is 7. The highest BCUT2D eigenvalue weighted by Gasteiger charge is 2.26. The number of hydrogen-bond donors (Lipinski definition) is 1. The number of carbonyl (C=O) groups excluding carboxylic acids is 1. The number of nitrogens with zero attached hydrogens (tertiary/aromatic N) is 1. The molecule has 1 N–H and O–H groups in total. The lowest BCUT2D eigenvalue weighted by atomic mass is 10.1. The van der Waals surface area contributed by atoms with Crippen LogP contribution in [0.3, 0.4) is 0 Å². The first-order valence-electron chi connectivity index (χ1n) is 10.1. The summed E-state index contributed by atoms with van der Waals surface area (Å²) in [4.78, 5) is 15.5. The van der Waals surface area contributed by atoms with Gasteiger partial charge in [0.05, 0.1) is 37.9 Å². The van der Waals surface area contributed by atoms with Gasteiger partial charge in [-0.1, -0.05) is 0 Å². The van der Waals surface area contributed by atoms with E-state index in [-0.39, 0.29) is 10.8 Å². The number of carbonyl (C=O) groups is 1. The van der Waals surface area contributed by atoms with Gasteiger partial charge in [-0.25, -0.2) is 13.1 Å². The van der Waals surface area contributed by atoms with Crippen molar-refractivity contribution in [3.8, 4) is 11.5 Å². The summed E-state index contributed by atoms with van der Waals surface area (Å²) in [5.41, 5.74) is 1.01. The highest BCUT2D eigenvalue weighted by atomic mass is 32.2. The second-order valence-electron chi connectivity index (χ2n) is 7.22. The molecule has 1 saturated heterocycles. The van der Waals surface area contributed by atoms with Crippen molar-refractivity contribution in [3.05, 3.63) is 47.5 Å². The van der Waals surface area contributed by atoms with Crippen molar-refractivity contribution in [1.82, 2.24) is 9.62 Å². The SMILES string of the molecule is COc1ccc(OC)c([C@H](C)NS(=O)(=O)c2ccc(SC)c(C(=O)N3CCOCC3)c2)c1. The van der Waals surface area contributed by atoms with Gasteiger partial charge in [-0.3, -0.25) is 4.79 Å². The average Bonchev–Trinajstić information content (AvgIpc) is 2.82. The summed E-state index contributed by atoms with van der Waals surface area (Å²) in [6, 6.07) is 9.24. The van der Waals surface area contributed by atoms with E-state index in [0.29, 0.717) is 48.9 Å². The predicted molar refractivity (Wildman–Crippen MR) is 123 cm³/mol. The fourth-order valence-corrected chi connectivity index (χ4v) is 5.32. The molecule has 32 heavy (non-hydrogen) atoms. The van der Waals surface area contributed by atoms with E-state index in [4.69, 9.17) is 14.2 Å². The number of sulfonamides is 1. The highest BCUT2D eigenvalue weighted by molar-refractivity contribution is 7.98. The van der Waals surface area contributed by atoms with Gasteiger partial charge in [0.2, 0.25) is 10.0 Å². The zero-order valence-corrected chi connectivity index (χ0v) is 20.2. The first kappa shape index (κ1) is 24.4. The third-order valence-corrected chi connectivity index (χ3v) is 7.58. The molecule has 0 bridgehead atoms. The Kier molecular flexibility index (Phi) is 8.05. The van der Waals surface area contributed by atoms with Crippen molar-refractivity contribution in [2.24, 2.45) is 0 Å². The van der Waals surface area contributed by atoms with E-state index in [1.807, 2.05) is 6.26 Å². The summed E-state index contributed by atoms with van der Waals surface area (Å²) < 4.78 is 45.0. The molecule has 1 amide bonds. The van der Waals surface area contributed by atoms with E-state index in [2.05, 4.69) is 4.72 Å². The zero-order valence-electron chi connectivity index (χ0n) is 18.6. The molecule has 2 aromatic rings. The largest absolute Gasteiger partial charge is 0.497 e. The maximum Gasteiger partial charge on any atom is 0.255 e. The van der Waals surface area contributed by atoms with Crippen LogP contribution in [-0.4, -0.2) is 66.0 Å². The number of methoxy groups -OCH3 is 2. The second kappa shape index (κ2) is 10.6. The second-order valence-corrected chi connectivity index (χ2v) is 9.78. The third kappa shape index (κ3) is 5.37. The van der Waals surface area contributed by atoms with Gasteiger partial charge >= 0.3 is 0 Å². The molecule has 2 aromatic carbocycles. The van der Waals surface area contributed by atoms with Crippen molar-refractivity contribution in [1.29, 1.82) is 0 Å². The lowest BCUT2D eigenvalue weighted by Crippen LogP contribution is -2.41. The number of amides is 1. The first-order chi connectivity index (χ1) is 15.3. The Morgan fingerprint density at radius 3 is 2.47 bits per heavy atom. The number of thioether (sulfide) groups is 1. The van der Waals surface area contributed by atoms with E-state index >= 15 is 0 Å². The lowest BCUT2D eigenvalue weighted by molar-refractivity contribution is 0.0300. The molecule has 10 heteroatoms. The van der Waals surface area contributed by atoms with Gasteiger partial charge in [-0.15, -0.1) is 11.8 Å². The normalized spacial score (nSPS) is 15.3. The average molecular weight is 481 g/mol. The fraction of sp³-hybridized carbons (Fsp3) is 0.409. The topological polar surface area (TPSA) is 94.2 Å². The smallest absolute Gasteiger partial charge is 0.255 e. The van der Waals surface area contributed by atoms with Crippen molar-refractivity contribution in [2.45, 2.75) is 22.8 Å². The Bertz CT molecular complexity index is 1070. The van der Waals surface area contributed by atoms with Crippen LogP contribution in [0.25, 0.3) is 0 Å². The summed E-state index contributed by atoms with van der Waals surface area (Å²) in [5.74, 6) is 0.939. The summed E-state index contributed by atoms with van der Waals surface area (Å²) in [6.07, 6.45) is 1.86. The van der Waals surface area contributed by atoms with Crippen LogP contribution in [0.15, 0.2) is 46.2 Å². The van der Waals surface area contributed by atoms with Gasteiger partial charge in [0.1, 0.15) is 11.5 Å². The van der Waals surface area contributed by atoms with Gasteiger partial charge in [-0.05, 0) is 49.6 Å². The number of rotatable bonds is 8. The van der Waals surface area contributed by atoms with Crippen LogP contribution in [0.2, 0.25) is 0 Å². The lowest BCUT2D eigenvalue weighted by Gasteiger charge is -2.27. The molecular formula is C22H28N2O6S2. The molecule has 1 heterocycles. The maximum atomic E-state index is 13.2. The Hall–Kier alpha value is -2.27. The third-order valence-electron chi connectivity index (χ3n) is 5.25. The van der Waals surface area contributed by atoms with E-state index < -0.39 is 16.1 Å². The molecule has 0 radical (unpaired) electrons. The van der Waals surface area contributed by atoms with E-state index in [1.165, 1.54) is 31.0 Å². The first-order valence-corrected chi connectivity index (χ1v) is 12.8. The molecule has 0 spiro atoms. The zero-order chi connectivity index (χ0) is 23.3. The molecule has 0 saturated carbocycles. The minimum Gasteiger partial charge on any atom is -0.497 e. The van der Waals surface area contributed by atoms with E-state index in [1.54, 1.807) is 43.2 Å². The van der Waals surface area contributed by atoms with E-state index in [9.17, 15) is 13.2 Å². The minimum absolute atomic E-state index is 0.0284. The molecule has 1 aliphatic heterocycles. The van der Waals surface area contributed by atoms with Crippen molar-refractivity contribution in [2.75, 3.05) is 46.8 Å². The van der Waals surface area contributed by atoms with Crippen LogP contribution in [0, 0.1) is 0 Å². The standard InChI is InChI=1S/C22H28N2O6S2/c1-15(18-13-16(28-2)5-7-20(18)29-3)23-32(26,27)17-6-8-21(31-4)19(14-17)22(25)24-9-11-30-12-10-24/h5-8,13-15,23H,9-12H2,1-4H3/t15-/m0/s1. The summed E-state index contributed by atoms with van der Waals surface area (Å²) in [6.45, 7) is 3.63. The molecule has 0 aromatic heterocycles. The van der Waals surface area contributed by atoms with Crippen LogP contribution in [-0.2, 0) is 14.8 Å². The van der Waals surface area contributed by atoms with Gasteiger partial charge in [0, 0.05) is 29.6 Å². The van der Waals surface area contributed by atoms with Gasteiger partial charge < -0.3 is 19.1 Å². The molecule has 8 nitrogen and oxygen atoms in total. The number of benzene rings is 2. The summed E-state index contributed by atoms with van der Waals surface area (Å²) in [7, 11) is -0.848. The molecule has 0 aliphatic carbocycles. The van der Waals surface area contributed by atoms with Crippen molar-refractivity contribution >= 4 is 27.7 Å². The van der Waals surface area contributed by atoms with Gasteiger partial charge in [-0.2, -0.15) is 0 Å². The van der Waals surface area contributed by atoms with E-state index in [0.717, 1.165) is 4.90 Å². The molecular weight excluding hydrogens is 452 g/mol. The quantitative estimate of drug-likeness (QED) is 0.581. The number of nitrogens with one attached hydrogen (secondary N) is 1. The van der Waals surface area contributed by atoms with Gasteiger partial charge in [0.25, 0.3) is 5.91 Å². The monoisotopic (exact) mass is 480 g/mol. The molecule has 174 valence electrons. The van der Waals surface area contributed by atoms with Crippen LogP contribution >= 0.6 is 11.8 Å². The Labute approximate surface area is 193 Å². The number of ether oxygens (including phenoxy) is 3. The van der Waals surface area contributed by atoms with Crippen molar-refractivity contribution < 1.29 is 27.4 Å². The minimum atomic E-state index is -3.91. The highest BCUT2D eigenvalue weighted by Crippen LogP contribution is 2.31. The Morgan fingerprint density at radius 2 is 1.84 bits per heavy atom. The molecule has 1 fully saturated rings. The Morgan fingerprint density at radius 1 is 1.12 bits per heavy atom. The molecule has 3 rings (SSSR count). The molecule has 1 aliphatic rings. The predicted octanol–water partition coefficient (Wildman–Crippen LogP) is 2.94. The van der Waals surface area contributed by atoms with Crippen LogP contribution in [0.5, 0.6) is 11.5 Å². The number of morpholine rings is 1. The van der Waals surface area contributed by atoms with Crippen LogP contribution in [0.4, 0.5) is 0 Å².